The molecular formula is C15H27NO3. The second-order valence-electron chi connectivity index (χ2n) is 6.59. The fourth-order valence-electron chi connectivity index (χ4n) is 2.26. The van der Waals surface area contributed by atoms with E-state index < -0.39 is 5.60 Å². The number of likely N-dealkylation sites (tertiary alicyclic amines) is 1. The van der Waals surface area contributed by atoms with E-state index in [1.807, 2.05) is 20.8 Å². The number of Topliss-reactive ketones (excluding diaryl/α,β-unsaturated/α-hetero) is 1. The van der Waals surface area contributed by atoms with Crippen molar-refractivity contribution in [2.24, 2.45) is 11.8 Å². The normalized spacial score (nSPS) is 22.3. The highest BCUT2D eigenvalue weighted by molar-refractivity contribution is 5.84. The summed E-state index contributed by atoms with van der Waals surface area (Å²) < 4.78 is 5.37. The van der Waals surface area contributed by atoms with Gasteiger partial charge in [0, 0.05) is 25.4 Å². The summed E-state index contributed by atoms with van der Waals surface area (Å²) in [6, 6.07) is 0. The van der Waals surface area contributed by atoms with Gasteiger partial charge in [0.25, 0.3) is 0 Å². The largest absolute Gasteiger partial charge is 0.444 e. The third kappa shape index (κ3) is 5.21. The number of hydrogen-bond acceptors (Lipinski definition) is 3. The fraction of sp³-hybridized carbons (Fsp3) is 0.867. The number of carbonyl (C=O) groups excluding carboxylic acids is 2. The Kier molecular flexibility index (Phi) is 5.39. The number of nitrogens with zero attached hydrogens (tertiary/aromatic N) is 1. The Morgan fingerprint density at radius 2 is 2.11 bits per heavy atom. The molecule has 1 rings (SSSR count). The molecular weight excluding hydrogens is 242 g/mol. The van der Waals surface area contributed by atoms with E-state index in [0.29, 0.717) is 31.2 Å². The van der Waals surface area contributed by atoms with Crippen molar-refractivity contribution < 1.29 is 14.3 Å². The average Bonchev–Trinajstić information content (AvgIpc) is 2.29. The molecule has 1 saturated heterocycles. The minimum Gasteiger partial charge on any atom is -0.444 e. The Morgan fingerprint density at radius 3 is 2.63 bits per heavy atom. The monoisotopic (exact) mass is 269 g/mol. The molecule has 2 unspecified atom stereocenters. The van der Waals surface area contributed by atoms with E-state index in [-0.39, 0.29) is 12.0 Å². The van der Waals surface area contributed by atoms with E-state index in [1.54, 1.807) is 4.90 Å². The van der Waals surface area contributed by atoms with Gasteiger partial charge in [-0.1, -0.05) is 20.3 Å². The van der Waals surface area contributed by atoms with Gasteiger partial charge in [-0.05, 0) is 33.1 Å². The van der Waals surface area contributed by atoms with Crippen molar-refractivity contribution in [1.82, 2.24) is 4.90 Å². The Bertz CT molecular complexity index is 333. The van der Waals surface area contributed by atoms with Crippen LogP contribution in [-0.2, 0) is 9.53 Å². The first-order valence-corrected chi connectivity index (χ1v) is 7.23. The highest BCUT2D eigenvalue weighted by atomic mass is 16.6. The summed E-state index contributed by atoms with van der Waals surface area (Å²) in [5.74, 6) is 0.795. The van der Waals surface area contributed by atoms with Crippen molar-refractivity contribution >= 4 is 11.9 Å². The highest BCUT2D eigenvalue weighted by Gasteiger charge is 2.32. The van der Waals surface area contributed by atoms with E-state index in [9.17, 15) is 9.59 Å². The van der Waals surface area contributed by atoms with E-state index >= 15 is 0 Å². The van der Waals surface area contributed by atoms with Gasteiger partial charge in [-0.25, -0.2) is 4.79 Å². The molecule has 110 valence electrons. The predicted octanol–water partition coefficient (Wildman–Crippen LogP) is 3.25. The maximum absolute atomic E-state index is 12.0. The quantitative estimate of drug-likeness (QED) is 0.790. The molecule has 0 aromatic rings. The van der Waals surface area contributed by atoms with Gasteiger partial charge in [0.2, 0.25) is 0 Å². The van der Waals surface area contributed by atoms with Gasteiger partial charge in [-0.2, -0.15) is 0 Å². The van der Waals surface area contributed by atoms with Gasteiger partial charge in [-0.15, -0.1) is 0 Å². The van der Waals surface area contributed by atoms with Crippen LogP contribution in [0, 0.1) is 11.8 Å². The molecule has 0 bridgehead atoms. The maximum atomic E-state index is 12.0. The predicted molar refractivity (Wildman–Crippen MR) is 75.0 cm³/mol. The van der Waals surface area contributed by atoms with Crippen LogP contribution >= 0.6 is 0 Å². The van der Waals surface area contributed by atoms with Crippen molar-refractivity contribution in [3.05, 3.63) is 0 Å². The summed E-state index contributed by atoms with van der Waals surface area (Å²) in [6.07, 6.45) is 2.10. The van der Waals surface area contributed by atoms with Gasteiger partial charge in [0.15, 0.2) is 0 Å². The molecule has 1 fully saturated rings. The molecule has 0 N–H and O–H groups in total. The maximum Gasteiger partial charge on any atom is 0.410 e. The number of carbonyl (C=O) groups is 2. The van der Waals surface area contributed by atoms with E-state index in [1.165, 1.54) is 0 Å². The van der Waals surface area contributed by atoms with Gasteiger partial charge in [0.05, 0.1) is 0 Å². The van der Waals surface area contributed by atoms with E-state index in [2.05, 4.69) is 13.8 Å². The number of amides is 1. The summed E-state index contributed by atoms with van der Waals surface area (Å²) in [5.41, 5.74) is -0.481. The second kappa shape index (κ2) is 6.40. The minimum atomic E-state index is -0.481. The van der Waals surface area contributed by atoms with Crippen molar-refractivity contribution in [3.8, 4) is 0 Å². The molecule has 0 saturated carbocycles. The molecule has 0 aromatic heterocycles. The van der Waals surface area contributed by atoms with Crippen LogP contribution in [0.2, 0.25) is 0 Å². The molecule has 4 heteroatoms. The van der Waals surface area contributed by atoms with Crippen molar-refractivity contribution in [3.63, 3.8) is 0 Å². The molecule has 1 amide bonds. The van der Waals surface area contributed by atoms with Crippen LogP contribution in [0.1, 0.15) is 53.9 Å². The number of rotatable bonds is 3. The van der Waals surface area contributed by atoms with Crippen LogP contribution < -0.4 is 0 Å². The number of ketones is 1. The summed E-state index contributed by atoms with van der Waals surface area (Å²) in [7, 11) is 0. The van der Waals surface area contributed by atoms with Crippen LogP contribution in [-0.4, -0.2) is 35.5 Å². The fourth-order valence-corrected chi connectivity index (χ4v) is 2.26. The molecule has 0 spiro atoms. The Labute approximate surface area is 116 Å². The number of piperidine rings is 1. The third-order valence-electron chi connectivity index (χ3n) is 3.56. The van der Waals surface area contributed by atoms with Crippen molar-refractivity contribution in [2.45, 2.75) is 59.5 Å². The molecule has 4 nitrogen and oxygen atoms in total. The van der Waals surface area contributed by atoms with Crippen LogP contribution in [0.3, 0.4) is 0 Å². The summed E-state index contributed by atoms with van der Waals surface area (Å²) in [4.78, 5) is 25.6. The van der Waals surface area contributed by atoms with Crippen LogP contribution in [0.5, 0.6) is 0 Å². The lowest BCUT2D eigenvalue weighted by atomic mass is 9.87. The number of ether oxygens (including phenoxy) is 1. The topological polar surface area (TPSA) is 46.6 Å². The molecule has 1 heterocycles. The van der Waals surface area contributed by atoms with Gasteiger partial charge in [0.1, 0.15) is 11.4 Å². The zero-order valence-corrected chi connectivity index (χ0v) is 12.9. The zero-order valence-electron chi connectivity index (χ0n) is 12.9. The average molecular weight is 269 g/mol. The van der Waals surface area contributed by atoms with Gasteiger partial charge in [-0.3, -0.25) is 4.79 Å². The van der Waals surface area contributed by atoms with Gasteiger partial charge >= 0.3 is 6.09 Å². The van der Waals surface area contributed by atoms with Crippen LogP contribution in [0.4, 0.5) is 4.79 Å². The van der Waals surface area contributed by atoms with Crippen LogP contribution in [0.25, 0.3) is 0 Å². The first-order valence-electron chi connectivity index (χ1n) is 7.23. The molecule has 0 aromatic carbocycles. The minimum absolute atomic E-state index is 0.0174. The van der Waals surface area contributed by atoms with Crippen LogP contribution in [0.15, 0.2) is 0 Å². The number of hydrogen-bond donors (Lipinski definition) is 0. The standard InChI is InChI=1S/C15H27NO3/c1-6-11(2)9-12-10-16(8-7-13(12)17)14(18)19-15(3,4)5/h11-12H,6-10H2,1-5H3. The second-order valence-corrected chi connectivity index (χ2v) is 6.59. The van der Waals surface area contributed by atoms with Crippen molar-refractivity contribution in [1.29, 1.82) is 0 Å². The summed E-state index contributed by atoms with van der Waals surface area (Å²) in [5, 5.41) is 0. The lowest BCUT2D eigenvalue weighted by molar-refractivity contribution is -0.126. The molecule has 0 aliphatic carbocycles. The molecule has 19 heavy (non-hydrogen) atoms. The molecule has 1 aliphatic rings. The molecule has 1 aliphatic heterocycles. The summed E-state index contributed by atoms with van der Waals surface area (Å²) in [6.45, 7) is 10.9. The highest BCUT2D eigenvalue weighted by Crippen LogP contribution is 2.23. The SMILES string of the molecule is CCC(C)CC1CN(C(=O)OC(C)(C)C)CCC1=O. The molecule has 0 radical (unpaired) electrons. The Hall–Kier alpha value is -1.06. The van der Waals surface area contributed by atoms with Crippen molar-refractivity contribution in [2.75, 3.05) is 13.1 Å². The first-order chi connectivity index (χ1) is 8.73. The Balaban J connectivity index is 2.59. The first kappa shape index (κ1) is 16.0. The zero-order chi connectivity index (χ0) is 14.6. The van der Waals surface area contributed by atoms with E-state index in [4.69, 9.17) is 4.74 Å². The third-order valence-corrected chi connectivity index (χ3v) is 3.56. The lowest BCUT2D eigenvalue weighted by Gasteiger charge is -2.34. The van der Waals surface area contributed by atoms with Gasteiger partial charge < -0.3 is 9.64 Å². The molecule has 2 atom stereocenters. The Morgan fingerprint density at radius 1 is 1.47 bits per heavy atom. The van der Waals surface area contributed by atoms with E-state index in [0.717, 1.165) is 12.8 Å². The lowest BCUT2D eigenvalue weighted by Crippen LogP contribution is -2.46. The smallest absolute Gasteiger partial charge is 0.410 e. The summed E-state index contributed by atoms with van der Waals surface area (Å²) >= 11 is 0.